The number of para-hydroxylation sites is 1. The summed E-state index contributed by atoms with van der Waals surface area (Å²) in [4.78, 5) is 24.5. The number of ether oxygens (including phenoxy) is 1. The van der Waals surface area contributed by atoms with E-state index in [1.165, 1.54) is 11.3 Å². The zero-order chi connectivity index (χ0) is 18.4. The van der Waals surface area contributed by atoms with E-state index in [2.05, 4.69) is 10.9 Å². The highest BCUT2D eigenvalue weighted by Gasteiger charge is 2.29. The number of nitrogens with one attached hydrogen (secondary N) is 2. The Labute approximate surface area is 150 Å². The predicted molar refractivity (Wildman–Crippen MR) is 97.3 cm³/mol. The molecule has 7 heteroatoms. The Kier molecular flexibility index (Phi) is 5.31. The van der Waals surface area contributed by atoms with E-state index in [0.29, 0.717) is 16.9 Å². The number of nitrogens with two attached hydrogens (primary N) is 1. The van der Waals surface area contributed by atoms with Crippen molar-refractivity contribution in [1.29, 1.82) is 0 Å². The van der Waals surface area contributed by atoms with E-state index >= 15 is 0 Å². The lowest BCUT2D eigenvalue weighted by Crippen LogP contribution is -2.50. The molecule has 3 rings (SSSR count). The van der Waals surface area contributed by atoms with Crippen molar-refractivity contribution in [2.24, 2.45) is 5.84 Å². The fourth-order valence-corrected chi connectivity index (χ4v) is 2.40. The highest BCUT2D eigenvalue weighted by atomic mass is 16.5. The third kappa shape index (κ3) is 3.90. The fourth-order valence-electron chi connectivity index (χ4n) is 2.40. The first-order valence-electron chi connectivity index (χ1n) is 7.94. The normalized spacial score (nSPS) is 15.4. The van der Waals surface area contributed by atoms with Gasteiger partial charge in [0.05, 0.1) is 17.6 Å². The maximum absolute atomic E-state index is 12.5. The predicted octanol–water partition coefficient (Wildman–Crippen LogP) is 1.62. The number of rotatable bonds is 4. The van der Waals surface area contributed by atoms with Crippen LogP contribution < -0.4 is 21.7 Å². The van der Waals surface area contributed by atoms with Gasteiger partial charge in [-0.1, -0.05) is 36.4 Å². The molecule has 0 bridgehead atoms. The van der Waals surface area contributed by atoms with Crippen molar-refractivity contribution in [3.63, 3.8) is 0 Å². The molecule has 4 N–H and O–H groups in total. The molecule has 0 radical (unpaired) electrons. The fraction of sp³-hybridized carbons (Fsp3) is 0.0526. The van der Waals surface area contributed by atoms with Crippen LogP contribution in [0.3, 0.4) is 0 Å². The van der Waals surface area contributed by atoms with Crippen LogP contribution in [0.4, 0.5) is 5.69 Å². The first kappa shape index (κ1) is 17.2. The van der Waals surface area contributed by atoms with Crippen LogP contribution in [-0.4, -0.2) is 17.9 Å². The number of benzene rings is 2. The number of hydrogen-bond acceptors (Lipinski definition) is 5. The molecule has 0 saturated carbocycles. The van der Waals surface area contributed by atoms with Gasteiger partial charge in [-0.05, 0) is 36.4 Å². The van der Waals surface area contributed by atoms with Gasteiger partial charge in [0.15, 0.2) is 0 Å². The van der Waals surface area contributed by atoms with Crippen LogP contribution in [0.2, 0.25) is 0 Å². The Morgan fingerprint density at radius 2 is 1.62 bits per heavy atom. The molecule has 0 fully saturated rings. The lowest BCUT2D eigenvalue weighted by Gasteiger charge is -2.29. The van der Waals surface area contributed by atoms with Crippen LogP contribution >= 0.6 is 0 Å². The van der Waals surface area contributed by atoms with Gasteiger partial charge in [0, 0.05) is 5.56 Å². The topological polar surface area (TPSA) is 96.7 Å². The molecule has 1 aliphatic heterocycles. The minimum Gasteiger partial charge on any atom is -0.482 e. The number of carbonyl (C=O) groups excluding carboxylic acids is 2. The van der Waals surface area contributed by atoms with Gasteiger partial charge >= 0.3 is 0 Å². The van der Waals surface area contributed by atoms with Crippen LogP contribution in [-0.2, 0) is 9.53 Å². The third-order valence-electron chi connectivity index (χ3n) is 3.71. The first-order chi connectivity index (χ1) is 12.7. The van der Waals surface area contributed by atoms with Crippen LogP contribution in [0.15, 0.2) is 84.8 Å². The number of nitrogens with zero attached hydrogens (tertiary/aromatic N) is 1. The summed E-state index contributed by atoms with van der Waals surface area (Å²) in [5.74, 6) is 5.16. The maximum Gasteiger partial charge on any atom is 0.285 e. The largest absolute Gasteiger partial charge is 0.482 e. The first-order valence-corrected chi connectivity index (χ1v) is 7.94. The number of anilines is 1. The average Bonchev–Trinajstić information content (AvgIpc) is 2.72. The maximum atomic E-state index is 12.5. The Hall–Kier alpha value is -3.58. The second-order valence-corrected chi connectivity index (χ2v) is 5.45. The second kappa shape index (κ2) is 8.00. The van der Waals surface area contributed by atoms with Crippen LogP contribution in [0, 0.1) is 0 Å². The zero-order valence-corrected chi connectivity index (χ0v) is 13.8. The van der Waals surface area contributed by atoms with Crippen molar-refractivity contribution in [3.8, 4) is 0 Å². The zero-order valence-electron chi connectivity index (χ0n) is 13.8. The third-order valence-corrected chi connectivity index (χ3v) is 3.71. The Morgan fingerprint density at radius 1 is 0.962 bits per heavy atom. The summed E-state index contributed by atoms with van der Waals surface area (Å²) in [7, 11) is 0. The molecule has 26 heavy (non-hydrogen) atoms. The summed E-state index contributed by atoms with van der Waals surface area (Å²) < 4.78 is 5.40. The van der Waals surface area contributed by atoms with E-state index in [1.54, 1.807) is 42.5 Å². The summed E-state index contributed by atoms with van der Waals surface area (Å²) in [5, 5.41) is 1.37. The molecular formula is C19H18N4O3. The molecule has 1 aliphatic rings. The van der Waals surface area contributed by atoms with E-state index in [9.17, 15) is 9.59 Å². The number of hydrogen-bond donors (Lipinski definition) is 3. The minimum absolute atomic E-state index is 0.427. The van der Waals surface area contributed by atoms with Crippen LogP contribution in [0.5, 0.6) is 0 Å². The monoisotopic (exact) mass is 350 g/mol. The van der Waals surface area contributed by atoms with Crippen LogP contribution in [0.25, 0.3) is 0 Å². The highest BCUT2D eigenvalue weighted by molar-refractivity contribution is 5.96. The molecule has 0 saturated heterocycles. The molecule has 0 spiro atoms. The summed E-state index contributed by atoms with van der Waals surface area (Å²) >= 11 is 0. The van der Waals surface area contributed by atoms with Gasteiger partial charge in [-0.3, -0.25) is 25.4 Å². The van der Waals surface area contributed by atoms with Gasteiger partial charge in [-0.2, -0.15) is 0 Å². The van der Waals surface area contributed by atoms with Crippen molar-refractivity contribution < 1.29 is 14.3 Å². The molecule has 1 atom stereocenters. The van der Waals surface area contributed by atoms with Crippen molar-refractivity contribution in [2.45, 2.75) is 6.10 Å². The lowest BCUT2D eigenvalue weighted by molar-refractivity contribution is -0.128. The molecule has 2 amide bonds. The van der Waals surface area contributed by atoms with Crippen molar-refractivity contribution in [3.05, 3.63) is 90.3 Å². The van der Waals surface area contributed by atoms with Gasteiger partial charge in [-0.15, -0.1) is 0 Å². The van der Waals surface area contributed by atoms with Gasteiger partial charge in [0.2, 0.25) is 6.10 Å². The van der Waals surface area contributed by atoms with Crippen molar-refractivity contribution >= 4 is 17.5 Å². The van der Waals surface area contributed by atoms with E-state index in [4.69, 9.17) is 10.6 Å². The van der Waals surface area contributed by atoms with E-state index in [0.717, 1.165) is 0 Å². The van der Waals surface area contributed by atoms with Gasteiger partial charge in [0.1, 0.15) is 0 Å². The molecule has 0 aliphatic carbocycles. The molecule has 7 nitrogen and oxygen atoms in total. The van der Waals surface area contributed by atoms with E-state index in [1.807, 2.05) is 30.3 Å². The smallest absolute Gasteiger partial charge is 0.285 e. The molecular weight excluding hydrogens is 332 g/mol. The Balaban J connectivity index is 1.67. The molecule has 132 valence electrons. The summed E-state index contributed by atoms with van der Waals surface area (Å²) in [6, 6.07) is 17.7. The highest BCUT2D eigenvalue weighted by Crippen LogP contribution is 2.21. The number of amides is 2. The van der Waals surface area contributed by atoms with Crippen LogP contribution in [0.1, 0.15) is 10.4 Å². The standard InChI is InChI=1S/C19H18N4O3/c20-23(15-10-5-2-6-11-15)16-12-7-13-26-17(16)19(25)22-21-18(24)14-8-3-1-4-9-14/h1-13,17H,20H2,(H,21,24)(H,22,25). The quantitative estimate of drug-likeness (QED) is 0.575. The number of hydrazine groups is 2. The van der Waals surface area contributed by atoms with Gasteiger partial charge in [-0.25, -0.2) is 5.84 Å². The summed E-state index contributed by atoms with van der Waals surface area (Å²) in [6.07, 6.45) is 3.72. The molecule has 2 aromatic rings. The lowest BCUT2D eigenvalue weighted by atomic mass is 10.1. The molecule has 2 aromatic carbocycles. The summed E-state index contributed by atoms with van der Waals surface area (Å²) in [5.41, 5.74) is 6.29. The average molecular weight is 350 g/mol. The SMILES string of the molecule is NN(C1=CC=COC1C(=O)NNC(=O)c1ccccc1)c1ccccc1. The summed E-state index contributed by atoms with van der Waals surface area (Å²) in [6.45, 7) is 0. The molecule has 1 heterocycles. The van der Waals surface area contributed by atoms with Crippen molar-refractivity contribution in [1.82, 2.24) is 10.9 Å². The van der Waals surface area contributed by atoms with Gasteiger partial charge in [0.25, 0.3) is 11.8 Å². The Morgan fingerprint density at radius 3 is 2.31 bits per heavy atom. The minimum atomic E-state index is -0.999. The second-order valence-electron chi connectivity index (χ2n) is 5.45. The number of carbonyl (C=O) groups is 2. The number of allylic oxidation sites excluding steroid dienone is 2. The van der Waals surface area contributed by atoms with E-state index in [-0.39, 0.29) is 0 Å². The Bertz CT molecular complexity index is 834. The van der Waals surface area contributed by atoms with Gasteiger partial charge < -0.3 is 4.74 Å². The molecule has 0 aromatic heterocycles. The molecule has 1 unspecified atom stereocenters. The van der Waals surface area contributed by atoms with Crippen molar-refractivity contribution in [2.75, 3.05) is 5.01 Å². The van der Waals surface area contributed by atoms with E-state index < -0.39 is 17.9 Å².